The van der Waals surface area contributed by atoms with Gasteiger partial charge in [-0.25, -0.2) is 4.79 Å². The molecule has 2 aliphatic heterocycles. The summed E-state index contributed by atoms with van der Waals surface area (Å²) in [6, 6.07) is 27.0. The SMILES string of the molecule is COCCCn1c(C2CCCN(C(=O)C[C@H](N)Cc3ccc(-c4ccc(N5CCNC5=O)cc4)cc3)C2)cc2ccccc21. The van der Waals surface area contributed by atoms with Gasteiger partial charge in [0.2, 0.25) is 5.91 Å². The first-order valence-corrected chi connectivity index (χ1v) is 15.9. The minimum absolute atomic E-state index is 0.0467. The highest BCUT2D eigenvalue weighted by Gasteiger charge is 2.28. The van der Waals surface area contributed by atoms with Crippen molar-refractivity contribution in [3.05, 3.63) is 90.1 Å². The summed E-state index contributed by atoms with van der Waals surface area (Å²) in [5.41, 5.74) is 13.3. The molecule has 4 aromatic rings. The summed E-state index contributed by atoms with van der Waals surface area (Å²) >= 11 is 0. The number of nitrogens with zero attached hydrogens (tertiary/aromatic N) is 3. The van der Waals surface area contributed by atoms with E-state index in [-0.39, 0.29) is 18.0 Å². The number of carbonyl (C=O) groups is 2. The maximum absolute atomic E-state index is 13.4. The van der Waals surface area contributed by atoms with Crippen molar-refractivity contribution in [2.45, 2.75) is 50.6 Å². The van der Waals surface area contributed by atoms with Gasteiger partial charge in [0.25, 0.3) is 0 Å². The van der Waals surface area contributed by atoms with E-state index in [1.807, 2.05) is 29.2 Å². The predicted molar refractivity (Wildman–Crippen MR) is 176 cm³/mol. The molecule has 8 heteroatoms. The molecule has 230 valence electrons. The Morgan fingerprint density at radius 3 is 2.50 bits per heavy atom. The fourth-order valence-corrected chi connectivity index (χ4v) is 6.74. The van der Waals surface area contributed by atoms with Gasteiger partial charge in [-0.05, 0) is 72.0 Å². The van der Waals surface area contributed by atoms with Gasteiger partial charge < -0.3 is 25.3 Å². The molecule has 3 aromatic carbocycles. The van der Waals surface area contributed by atoms with Crippen LogP contribution in [0, 0.1) is 0 Å². The lowest BCUT2D eigenvalue weighted by Crippen LogP contribution is -2.42. The monoisotopic (exact) mass is 593 g/mol. The van der Waals surface area contributed by atoms with Crippen LogP contribution in [0.1, 0.15) is 42.9 Å². The zero-order valence-electron chi connectivity index (χ0n) is 25.6. The number of fused-ring (bicyclic) bond motifs is 1. The van der Waals surface area contributed by atoms with Crippen LogP contribution in [0.3, 0.4) is 0 Å². The summed E-state index contributed by atoms with van der Waals surface area (Å²) in [5, 5.41) is 4.09. The predicted octanol–water partition coefficient (Wildman–Crippen LogP) is 5.54. The molecule has 0 spiro atoms. The van der Waals surface area contributed by atoms with Gasteiger partial charge in [-0.2, -0.15) is 0 Å². The average molecular weight is 594 g/mol. The van der Waals surface area contributed by atoms with Gasteiger partial charge >= 0.3 is 6.03 Å². The lowest BCUT2D eigenvalue weighted by molar-refractivity contribution is -0.132. The van der Waals surface area contributed by atoms with E-state index in [1.165, 1.54) is 16.6 Å². The fourth-order valence-electron chi connectivity index (χ4n) is 6.74. The van der Waals surface area contributed by atoms with Crippen LogP contribution in [0.2, 0.25) is 0 Å². The number of methoxy groups -OCH3 is 1. The topological polar surface area (TPSA) is 92.8 Å². The first kappa shape index (κ1) is 29.9. The number of ether oxygens (including phenoxy) is 1. The van der Waals surface area contributed by atoms with Crippen molar-refractivity contribution in [3.63, 3.8) is 0 Å². The molecule has 8 nitrogen and oxygen atoms in total. The number of amides is 3. The molecule has 0 radical (unpaired) electrons. The largest absolute Gasteiger partial charge is 0.385 e. The molecule has 3 heterocycles. The number of benzene rings is 3. The maximum Gasteiger partial charge on any atom is 0.321 e. The number of piperidine rings is 1. The summed E-state index contributed by atoms with van der Waals surface area (Å²) in [6.07, 6.45) is 4.04. The van der Waals surface area contributed by atoms with Crippen LogP contribution in [0.15, 0.2) is 78.9 Å². The fraction of sp³-hybridized carbons (Fsp3) is 0.389. The molecule has 3 N–H and O–H groups in total. The van der Waals surface area contributed by atoms with Crippen molar-refractivity contribution in [2.75, 3.05) is 44.8 Å². The first-order chi connectivity index (χ1) is 21.5. The Morgan fingerprint density at radius 1 is 1.02 bits per heavy atom. The molecule has 3 amide bonds. The molecule has 1 aromatic heterocycles. The van der Waals surface area contributed by atoms with Gasteiger partial charge in [0.1, 0.15) is 0 Å². The molecule has 6 rings (SSSR count). The molecule has 2 saturated heterocycles. The van der Waals surface area contributed by atoms with Crippen LogP contribution in [-0.4, -0.2) is 67.3 Å². The lowest BCUT2D eigenvalue weighted by atomic mass is 9.93. The molecule has 2 fully saturated rings. The van der Waals surface area contributed by atoms with Crippen molar-refractivity contribution < 1.29 is 14.3 Å². The van der Waals surface area contributed by atoms with Crippen molar-refractivity contribution in [3.8, 4) is 11.1 Å². The second-order valence-corrected chi connectivity index (χ2v) is 12.1. The van der Waals surface area contributed by atoms with Crippen molar-refractivity contribution >= 4 is 28.5 Å². The number of aryl methyl sites for hydroxylation is 1. The second-order valence-electron chi connectivity index (χ2n) is 12.1. The van der Waals surface area contributed by atoms with Gasteiger partial charge in [-0.1, -0.05) is 54.6 Å². The summed E-state index contributed by atoms with van der Waals surface area (Å²) in [7, 11) is 1.75. The number of aromatic nitrogens is 1. The van der Waals surface area contributed by atoms with E-state index in [1.54, 1.807) is 12.0 Å². The van der Waals surface area contributed by atoms with E-state index >= 15 is 0 Å². The van der Waals surface area contributed by atoms with E-state index in [4.69, 9.17) is 10.5 Å². The van der Waals surface area contributed by atoms with Crippen LogP contribution in [0.25, 0.3) is 22.0 Å². The highest BCUT2D eigenvalue weighted by molar-refractivity contribution is 5.94. The number of hydrogen-bond donors (Lipinski definition) is 2. The van der Waals surface area contributed by atoms with Gasteiger partial charge in [0.15, 0.2) is 0 Å². The van der Waals surface area contributed by atoms with E-state index in [2.05, 4.69) is 64.5 Å². The smallest absolute Gasteiger partial charge is 0.321 e. The first-order valence-electron chi connectivity index (χ1n) is 15.9. The average Bonchev–Trinajstić information content (AvgIpc) is 3.65. The Hall–Kier alpha value is -4.14. The minimum atomic E-state index is -0.236. The summed E-state index contributed by atoms with van der Waals surface area (Å²) in [5.74, 6) is 0.459. The van der Waals surface area contributed by atoms with Crippen LogP contribution in [-0.2, 0) is 22.5 Å². The molecule has 44 heavy (non-hydrogen) atoms. The number of anilines is 1. The molecule has 2 atom stereocenters. The van der Waals surface area contributed by atoms with Gasteiger partial charge in [-0.15, -0.1) is 0 Å². The zero-order valence-corrected chi connectivity index (χ0v) is 25.6. The molecular formula is C36H43N5O3. The Bertz CT molecular complexity index is 1580. The quantitative estimate of drug-likeness (QED) is 0.223. The number of nitrogens with one attached hydrogen (secondary N) is 1. The van der Waals surface area contributed by atoms with E-state index in [9.17, 15) is 9.59 Å². The van der Waals surface area contributed by atoms with Gasteiger partial charge in [0.05, 0.1) is 0 Å². The molecular weight excluding hydrogens is 550 g/mol. The van der Waals surface area contributed by atoms with Crippen LogP contribution in [0.5, 0.6) is 0 Å². The molecule has 2 aliphatic rings. The van der Waals surface area contributed by atoms with Crippen LogP contribution >= 0.6 is 0 Å². The van der Waals surface area contributed by atoms with E-state index < -0.39 is 0 Å². The van der Waals surface area contributed by atoms with Crippen molar-refractivity contribution in [1.29, 1.82) is 0 Å². The second kappa shape index (κ2) is 13.7. The number of para-hydroxylation sites is 1. The molecule has 0 bridgehead atoms. The number of carbonyl (C=O) groups excluding carboxylic acids is 2. The number of nitrogens with two attached hydrogens (primary N) is 1. The summed E-state index contributed by atoms with van der Waals surface area (Å²) in [6.45, 7) is 4.54. The summed E-state index contributed by atoms with van der Waals surface area (Å²) < 4.78 is 7.76. The lowest BCUT2D eigenvalue weighted by Gasteiger charge is -2.34. The van der Waals surface area contributed by atoms with Crippen molar-refractivity contribution in [1.82, 2.24) is 14.8 Å². The van der Waals surface area contributed by atoms with Gasteiger partial charge in [-0.3, -0.25) is 9.69 Å². The minimum Gasteiger partial charge on any atom is -0.385 e. The Labute approximate surface area is 259 Å². The van der Waals surface area contributed by atoms with Gasteiger partial charge in [0, 0.05) is 81.7 Å². The van der Waals surface area contributed by atoms with Crippen molar-refractivity contribution in [2.24, 2.45) is 5.73 Å². The molecule has 0 aliphatic carbocycles. The van der Waals surface area contributed by atoms with Crippen LogP contribution < -0.4 is 16.0 Å². The Morgan fingerprint density at radius 2 is 1.77 bits per heavy atom. The third kappa shape index (κ3) is 6.66. The standard InChI is InChI=1S/C36H43N5O3/c1-44-21-5-19-41-33-8-3-2-6-29(33)23-34(41)30-7-4-18-39(25-30)35(42)24-31(37)22-26-9-11-27(12-10-26)28-13-15-32(16-14-28)40-20-17-38-36(40)43/h2-3,6,8-16,23,30-31H,4-5,7,17-22,24-25,37H2,1H3,(H,38,43)/t30?,31-/m1/s1. The number of likely N-dealkylation sites (tertiary alicyclic amines) is 1. The maximum atomic E-state index is 13.4. The normalized spacial score (nSPS) is 17.7. The molecule has 0 saturated carbocycles. The number of urea groups is 1. The Balaban J connectivity index is 1.05. The zero-order chi connectivity index (χ0) is 30.5. The highest BCUT2D eigenvalue weighted by Crippen LogP contribution is 2.32. The highest BCUT2D eigenvalue weighted by atomic mass is 16.5. The third-order valence-corrected chi connectivity index (χ3v) is 9.02. The summed E-state index contributed by atoms with van der Waals surface area (Å²) in [4.78, 5) is 29.2. The van der Waals surface area contributed by atoms with E-state index in [0.717, 1.165) is 67.9 Å². The van der Waals surface area contributed by atoms with E-state index in [0.29, 0.717) is 31.8 Å². The van der Waals surface area contributed by atoms with Crippen LogP contribution in [0.4, 0.5) is 10.5 Å². The molecule has 1 unspecified atom stereocenters. The number of rotatable bonds is 11. The third-order valence-electron chi connectivity index (χ3n) is 9.02. The Kier molecular flexibility index (Phi) is 9.28. The number of hydrogen-bond acceptors (Lipinski definition) is 4.